The van der Waals surface area contributed by atoms with Gasteiger partial charge in [-0.2, -0.15) is 0 Å². The van der Waals surface area contributed by atoms with Gasteiger partial charge in [0.15, 0.2) is 0 Å². The monoisotopic (exact) mass is 388 g/mol. The Morgan fingerprint density at radius 2 is 1.54 bits per heavy atom. The van der Waals surface area contributed by atoms with Gasteiger partial charge in [0.2, 0.25) is 0 Å². The Balaban J connectivity index is 2.04. The molecule has 1 heterocycles. The third-order valence-corrected chi connectivity index (χ3v) is 5.64. The predicted octanol–water partition coefficient (Wildman–Crippen LogP) is 5.43. The molecule has 1 aromatic rings. The number of benzene rings is 1. The molecule has 3 amide bonds. The Labute approximate surface area is 169 Å². The maximum absolute atomic E-state index is 12.6. The van der Waals surface area contributed by atoms with Gasteiger partial charge in [-0.15, -0.1) is 0 Å². The topological polar surface area (TPSA) is 60.9 Å². The molecule has 0 aliphatic carbocycles. The highest BCUT2D eigenvalue weighted by Crippen LogP contribution is 2.30. The number of hydrogen-bond donors (Lipinski definition) is 1. The number of amides is 3. The van der Waals surface area contributed by atoms with Crippen molar-refractivity contribution in [2.75, 3.05) is 11.9 Å². The van der Waals surface area contributed by atoms with Crippen LogP contribution in [0.2, 0.25) is 0 Å². The summed E-state index contributed by atoms with van der Waals surface area (Å²) in [6.45, 7) is 4.33. The molecular weight excluding hydrogens is 352 g/mol. The van der Waals surface area contributed by atoms with E-state index in [1.54, 1.807) is 11.9 Å². The van der Waals surface area contributed by atoms with Crippen molar-refractivity contribution < 1.29 is 14.7 Å². The minimum atomic E-state index is -0.477. The zero-order valence-corrected chi connectivity index (χ0v) is 17.7. The summed E-state index contributed by atoms with van der Waals surface area (Å²) in [6.07, 6.45) is 9.81. The van der Waals surface area contributed by atoms with Crippen LogP contribution in [0.5, 0.6) is 0 Å². The van der Waals surface area contributed by atoms with Crippen LogP contribution in [-0.4, -0.2) is 35.0 Å². The zero-order chi connectivity index (χ0) is 20.5. The van der Waals surface area contributed by atoms with Crippen molar-refractivity contribution in [3.63, 3.8) is 0 Å². The van der Waals surface area contributed by atoms with Crippen LogP contribution in [0.15, 0.2) is 24.3 Å². The quantitative estimate of drug-likeness (QED) is 0.384. The second kappa shape index (κ2) is 11.2. The van der Waals surface area contributed by atoms with Gasteiger partial charge in [-0.05, 0) is 30.5 Å². The van der Waals surface area contributed by atoms with E-state index in [2.05, 4.69) is 13.8 Å². The number of anilines is 1. The SMILES string of the molecule is CCCCCCC(O)c1ccc(N2C(=O)N(C)C(=O)C2CCCCCC)cc1. The average Bonchev–Trinajstić information content (AvgIpc) is 2.92. The standard InChI is InChI=1S/C23H36N2O3/c1-4-6-8-10-12-20-22(27)24(3)23(28)25(20)19-16-14-18(15-17-19)21(26)13-11-9-7-5-2/h14-17,20-21,26H,4-13H2,1-3H3. The van der Waals surface area contributed by atoms with Gasteiger partial charge in [0.05, 0.1) is 6.10 Å². The number of aliphatic hydroxyl groups excluding tert-OH is 1. The van der Waals surface area contributed by atoms with Crippen LogP contribution < -0.4 is 4.90 Å². The molecule has 0 radical (unpaired) electrons. The number of carbonyl (C=O) groups is 2. The second-order valence-corrected chi connectivity index (χ2v) is 7.87. The van der Waals surface area contributed by atoms with Crippen LogP contribution in [0.3, 0.4) is 0 Å². The normalized spacial score (nSPS) is 18.2. The molecule has 2 atom stereocenters. The van der Waals surface area contributed by atoms with Crippen LogP contribution in [0.4, 0.5) is 10.5 Å². The number of carbonyl (C=O) groups excluding carboxylic acids is 2. The van der Waals surface area contributed by atoms with Gasteiger partial charge in [0.25, 0.3) is 5.91 Å². The van der Waals surface area contributed by atoms with E-state index in [0.717, 1.165) is 56.2 Å². The van der Waals surface area contributed by atoms with E-state index in [1.165, 1.54) is 17.7 Å². The maximum atomic E-state index is 12.6. The lowest BCUT2D eigenvalue weighted by Crippen LogP contribution is -2.35. The second-order valence-electron chi connectivity index (χ2n) is 7.87. The molecule has 5 nitrogen and oxygen atoms in total. The van der Waals surface area contributed by atoms with Crippen LogP contribution in [-0.2, 0) is 4.79 Å². The van der Waals surface area contributed by atoms with E-state index in [0.29, 0.717) is 6.42 Å². The Kier molecular flexibility index (Phi) is 8.97. The highest BCUT2D eigenvalue weighted by molar-refractivity contribution is 6.13. The lowest BCUT2D eigenvalue weighted by Gasteiger charge is -2.22. The minimum absolute atomic E-state index is 0.124. The summed E-state index contributed by atoms with van der Waals surface area (Å²) in [5.41, 5.74) is 1.59. The number of hydrogen-bond acceptors (Lipinski definition) is 3. The first-order chi connectivity index (χ1) is 13.5. The molecule has 2 unspecified atom stereocenters. The molecule has 0 saturated carbocycles. The van der Waals surface area contributed by atoms with Crippen LogP contribution in [0.1, 0.15) is 89.7 Å². The van der Waals surface area contributed by atoms with Crippen molar-refractivity contribution >= 4 is 17.6 Å². The molecule has 0 aromatic heterocycles. The van der Waals surface area contributed by atoms with Crippen molar-refractivity contribution in [1.29, 1.82) is 0 Å². The van der Waals surface area contributed by atoms with Crippen LogP contribution in [0.25, 0.3) is 0 Å². The van der Waals surface area contributed by atoms with Crippen LogP contribution >= 0.6 is 0 Å². The first-order valence-corrected chi connectivity index (χ1v) is 10.9. The third kappa shape index (κ3) is 5.57. The van der Waals surface area contributed by atoms with Gasteiger partial charge < -0.3 is 5.11 Å². The van der Waals surface area contributed by atoms with E-state index >= 15 is 0 Å². The van der Waals surface area contributed by atoms with Gasteiger partial charge in [-0.1, -0.05) is 77.3 Å². The lowest BCUT2D eigenvalue weighted by atomic mass is 10.0. The Hall–Kier alpha value is -1.88. The number of likely N-dealkylation sites (N-methyl/N-ethyl adjacent to an activating group) is 1. The molecule has 1 fully saturated rings. The van der Waals surface area contributed by atoms with E-state index < -0.39 is 12.1 Å². The van der Waals surface area contributed by atoms with Crippen molar-refractivity contribution in [3.05, 3.63) is 29.8 Å². The number of nitrogens with zero attached hydrogens (tertiary/aromatic N) is 2. The van der Waals surface area contributed by atoms with Gasteiger partial charge in [-0.25, -0.2) is 4.79 Å². The molecule has 1 aliphatic heterocycles. The first-order valence-electron chi connectivity index (χ1n) is 10.9. The summed E-state index contributed by atoms with van der Waals surface area (Å²) in [5.74, 6) is -0.124. The lowest BCUT2D eigenvalue weighted by molar-refractivity contribution is -0.126. The molecule has 1 saturated heterocycles. The molecule has 28 heavy (non-hydrogen) atoms. The van der Waals surface area contributed by atoms with Gasteiger partial charge in [0.1, 0.15) is 6.04 Å². The highest BCUT2D eigenvalue weighted by Gasteiger charge is 2.43. The van der Waals surface area contributed by atoms with E-state index in [4.69, 9.17) is 0 Å². The average molecular weight is 389 g/mol. The number of unbranched alkanes of at least 4 members (excludes halogenated alkanes) is 6. The van der Waals surface area contributed by atoms with Gasteiger partial charge >= 0.3 is 6.03 Å². The van der Waals surface area contributed by atoms with Crippen molar-refractivity contribution in [2.24, 2.45) is 0 Å². The molecule has 0 spiro atoms. The fourth-order valence-electron chi connectivity index (χ4n) is 3.82. The summed E-state index contributed by atoms with van der Waals surface area (Å²) < 4.78 is 0. The first kappa shape index (κ1) is 22.4. The van der Waals surface area contributed by atoms with Crippen molar-refractivity contribution in [2.45, 2.75) is 90.2 Å². The number of rotatable bonds is 12. The third-order valence-electron chi connectivity index (χ3n) is 5.64. The summed E-state index contributed by atoms with van der Waals surface area (Å²) in [6, 6.07) is 6.79. The smallest absolute Gasteiger partial charge is 0.331 e. The number of imide groups is 1. The highest BCUT2D eigenvalue weighted by atomic mass is 16.3. The van der Waals surface area contributed by atoms with E-state index in [1.807, 2.05) is 24.3 Å². The summed E-state index contributed by atoms with van der Waals surface area (Å²) in [7, 11) is 1.55. The zero-order valence-electron chi connectivity index (χ0n) is 17.7. The summed E-state index contributed by atoms with van der Waals surface area (Å²) >= 11 is 0. The predicted molar refractivity (Wildman–Crippen MR) is 113 cm³/mol. The van der Waals surface area contributed by atoms with Crippen molar-refractivity contribution in [1.82, 2.24) is 4.90 Å². The molecular formula is C23H36N2O3. The van der Waals surface area contributed by atoms with E-state index in [9.17, 15) is 14.7 Å². The number of urea groups is 1. The fourth-order valence-corrected chi connectivity index (χ4v) is 3.82. The Bertz CT molecular complexity index is 629. The summed E-state index contributed by atoms with van der Waals surface area (Å²) in [5, 5.41) is 10.4. The minimum Gasteiger partial charge on any atom is -0.388 e. The number of aliphatic hydroxyl groups is 1. The molecule has 1 aliphatic rings. The fraction of sp³-hybridized carbons (Fsp3) is 0.652. The van der Waals surface area contributed by atoms with Crippen LogP contribution in [0, 0.1) is 0 Å². The van der Waals surface area contributed by atoms with E-state index in [-0.39, 0.29) is 11.9 Å². The molecule has 5 heteroatoms. The Morgan fingerprint density at radius 3 is 2.14 bits per heavy atom. The molecule has 0 bridgehead atoms. The maximum Gasteiger partial charge on any atom is 0.331 e. The largest absolute Gasteiger partial charge is 0.388 e. The molecule has 156 valence electrons. The molecule has 1 N–H and O–H groups in total. The molecule has 1 aromatic carbocycles. The van der Waals surface area contributed by atoms with Gasteiger partial charge in [-0.3, -0.25) is 14.6 Å². The van der Waals surface area contributed by atoms with Gasteiger partial charge in [0, 0.05) is 12.7 Å². The summed E-state index contributed by atoms with van der Waals surface area (Å²) in [4.78, 5) is 28.0. The Morgan fingerprint density at radius 1 is 0.929 bits per heavy atom. The van der Waals surface area contributed by atoms with Crippen molar-refractivity contribution in [3.8, 4) is 0 Å². The molecule has 2 rings (SSSR count).